The molecule has 2 rings (SSSR count). The van der Waals surface area contributed by atoms with Gasteiger partial charge in [-0.1, -0.05) is 12.1 Å². The predicted molar refractivity (Wildman–Crippen MR) is 81.5 cm³/mol. The van der Waals surface area contributed by atoms with Crippen molar-refractivity contribution in [2.75, 3.05) is 18.5 Å². The van der Waals surface area contributed by atoms with Gasteiger partial charge in [-0.15, -0.1) is 0 Å². The summed E-state index contributed by atoms with van der Waals surface area (Å²) in [4.78, 5) is 11.0. The standard InChI is InChI=1S/C15H13BrFNO3/c16-12-9-10(17)5-6-13(12)18-7-8-21-14-4-2-1-3-11(14)15(19)20/h1-6,9,18H,7-8H2,(H,19,20). The summed E-state index contributed by atoms with van der Waals surface area (Å²) in [7, 11) is 0. The molecule has 0 fully saturated rings. The van der Waals surface area contributed by atoms with Crippen LogP contribution in [-0.2, 0) is 0 Å². The highest BCUT2D eigenvalue weighted by Gasteiger charge is 2.09. The van der Waals surface area contributed by atoms with Crippen molar-refractivity contribution in [3.8, 4) is 5.75 Å². The number of ether oxygens (including phenoxy) is 1. The van der Waals surface area contributed by atoms with Gasteiger partial charge >= 0.3 is 5.97 Å². The van der Waals surface area contributed by atoms with Crippen LogP contribution in [0.25, 0.3) is 0 Å². The molecule has 0 heterocycles. The third-order valence-corrected chi connectivity index (χ3v) is 3.38. The van der Waals surface area contributed by atoms with Crippen LogP contribution in [0.4, 0.5) is 10.1 Å². The zero-order valence-corrected chi connectivity index (χ0v) is 12.6. The van der Waals surface area contributed by atoms with E-state index in [9.17, 15) is 9.18 Å². The minimum atomic E-state index is -1.03. The van der Waals surface area contributed by atoms with Gasteiger partial charge in [0, 0.05) is 16.7 Å². The van der Waals surface area contributed by atoms with E-state index in [2.05, 4.69) is 21.2 Å². The Morgan fingerprint density at radius 2 is 2.05 bits per heavy atom. The highest BCUT2D eigenvalue weighted by atomic mass is 79.9. The van der Waals surface area contributed by atoms with Crippen LogP contribution in [0.15, 0.2) is 46.9 Å². The van der Waals surface area contributed by atoms with Crippen molar-refractivity contribution in [3.05, 3.63) is 58.3 Å². The molecule has 0 aliphatic heterocycles. The maximum atomic E-state index is 12.9. The van der Waals surface area contributed by atoms with E-state index >= 15 is 0 Å². The van der Waals surface area contributed by atoms with Crippen molar-refractivity contribution >= 4 is 27.6 Å². The summed E-state index contributed by atoms with van der Waals surface area (Å²) in [5, 5.41) is 12.1. The predicted octanol–water partition coefficient (Wildman–Crippen LogP) is 3.78. The highest BCUT2D eigenvalue weighted by Crippen LogP contribution is 2.23. The zero-order chi connectivity index (χ0) is 15.2. The molecule has 0 bridgehead atoms. The van der Waals surface area contributed by atoms with E-state index in [-0.39, 0.29) is 18.0 Å². The quantitative estimate of drug-likeness (QED) is 0.776. The molecule has 0 atom stereocenters. The molecular weight excluding hydrogens is 341 g/mol. The fraction of sp³-hybridized carbons (Fsp3) is 0.133. The first kappa shape index (κ1) is 15.3. The van der Waals surface area contributed by atoms with Gasteiger partial charge < -0.3 is 15.2 Å². The Balaban J connectivity index is 1.89. The van der Waals surface area contributed by atoms with Crippen molar-refractivity contribution in [3.63, 3.8) is 0 Å². The molecule has 110 valence electrons. The molecule has 0 aromatic heterocycles. The van der Waals surface area contributed by atoms with Gasteiger partial charge in [0.2, 0.25) is 0 Å². The molecule has 2 aromatic rings. The fourth-order valence-electron chi connectivity index (χ4n) is 1.75. The normalized spacial score (nSPS) is 10.2. The lowest BCUT2D eigenvalue weighted by molar-refractivity contribution is 0.0692. The maximum Gasteiger partial charge on any atom is 0.339 e. The average Bonchev–Trinajstić information content (AvgIpc) is 2.45. The molecule has 0 saturated carbocycles. The first-order valence-corrected chi connectivity index (χ1v) is 7.01. The Morgan fingerprint density at radius 3 is 2.76 bits per heavy atom. The van der Waals surface area contributed by atoms with Gasteiger partial charge in [0.05, 0.1) is 0 Å². The average molecular weight is 354 g/mol. The monoisotopic (exact) mass is 353 g/mol. The lowest BCUT2D eigenvalue weighted by Crippen LogP contribution is -2.13. The SMILES string of the molecule is O=C(O)c1ccccc1OCCNc1ccc(F)cc1Br. The smallest absolute Gasteiger partial charge is 0.339 e. The Kier molecular flexibility index (Phi) is 5.16. The molecule has 0 aliphatic carbocycles. The van der Waals surface area contributed by atoms with E-state index in [4.69, 9.17) is 9.84 Å². The second-order valence-electron chi connectivity index (χ2n) is 4.20. The summed E-state index contributed by atoms with van der Waals surface area (Å²) in [5.41, 5.74) is 0.868. The molecule has 2 N–H and O–H groups in total. The molecule has 21 heavy (non-hydrogen) atoms. The lowest BCUT2D eigenvalue weighted by atomic mass is 10.2. The van der Waals surface area contributed by atoms with Crippen LogP contribution in [0.5, 0.6) is 5.75 Å². The largest absolute Gasteiger partial charge is 0.491 e. The minimum Gasteiger partial charge on any atom is -0.491 e. The van der Waals surface area contributed by atoms with Gasteiger partial charge in [-0.25, -0.2) is 9.18 Å². The number of carboxylic acid groups (broad SMARTS) is 1. The number of nitrogens with one attached hydrogen (secondary N) is 1. The number of anilines is 1. The molecular formula is C15H13BrFNO3. The summed E-state index contributed by atoms with van der Waals surface area (Å²) < 4.78 is 19.0. The maximum absolute atomic E-state index is 12.9. The lowest BCUT2D eigenvalue weighted by Gasteiger charge is -2.11. The van der Waals surface area contributed by atoms with Gasteiger partial charge in [-0.05, 0) is 46.3 Å². The number of carboxylic acids is 1. The molecule has 0 aliphatic rings. The molecule has 0 amide bonds. The number of halogens is 2. The Labute approximate surface area is 129 Å². The fourth-order valence-corrected chi connectivity index (χ4v) is 2.24. The van der Waals surface area contributed by atoms with Crippen molar-refractivity contribution in [2.45, 2.75) is 0 Å². The van der Waals surface area contributed by atoms with Crippen molar-refractivity contribution < 1.29 is 19.0 Å². The molecule has 2 aromatic carbocycles. The molecule has 0 unspecified atom stereocenters. The summed E-state index contributed by atoms with van der Waals surface area (Å²) >= 11 is 3.25. The third-order valence-electron chi connectivity index (χ3n) is 2.72. The Morgan fingerprint density at radius 1 is 1.29 bits per heavy atom. The van der Waals surface area contributed by atoms with E-state index in [0.29, 0.717) is 16.8 Å². The first-order chi connectivity index (χ1) is 10.1. The van der Waals surface area contributed by atoms with E-state index in [1.54, 1.807) is 24.3 Å². The van der Waals surface area contributed by atoms with Gasteiger partial charge in [-0.2, -0.15) is 0 Å². The van der Waals surface area contributed by atoms with Crippen LogP contribution in [-0.4, -0.2) is 24.2 Å². The summed E-state index contributed by atoms with van der Waals surface area (Å²) in [5.74, 6) is -1.02. The molecule has 0 saturated heterocycles. The van der Waals surface area contributed by atoms with Gasteiger partial charge in [0.25, 0.3) is 0 Å². The zero-order valence-electron chi connectivity index (χ0n) is 11.0. The van der Waals surface area contributed by atoms with E-state index in [0.717, 1.165) is 5.69 Å². The number of hydrogen-bond donors (Lipinski definition) is 2. The Bertz CT molecular complexity index is 649. The molecule has 4 nitrogen and oxygen atoms in total. The Hall–Kier alpha value is -2.08. The second-order valence-corrected chi connectivity index (χ2v) is 5.06. The van der Waals surface area contributed by atoms with Gasteiger partial charge in [0.1, 0.15) is 23.7 Å². The van der Waals surface area contributed by atoms with E-state index < -0.39 is 5.97 Å². The third kappa shape index (κ3) is 4.19. The minimum absolute atomic E-state index is 0.125. The van der Waals surface area contributed by atoms with Crippen molar-refractivity contribution in [2.24, 2.45) is 0 Å². The number of aromatic carboxylic acids is 1. The van der Waals surface area contributed by atoms with Crippen LogP contribution < -0.4 is 10.1 Å². The number of hydrogen-bond acceptors (Lipinski definition) is 3. The second kappa shape index (κ2) is 7.08. The number of rotatable bonds is 6. The van der Waals surface area contributed by atoms with Crippen molar-refractivity contribution in [1.29, 1.82) is 0 Å². The van der Waals surface area contributed by atoms with Crippen molar-refractivity contribution in [1.82, 2.24) is 0 Å². The van der Waals surface area contributed by atoms with E-state index in [1.165, 1.54) is 18.2 Å². The van der Waals surface area contributed by atoms with Crippen LogP contribution in [0.1, 0.15) is 10.4 Å². The summed E-state index contributed by atoms with van der Waals surface area (Å²) in [6.45, 7) is 0.742. The topological polar surface area (TPSA) is 58.6 Å². The van der Waals surface area contributed by atoms with Crippen LogP contribution >= 0.6 is 15.9 Å². The molecule has 0 radical (unpaired) electrons. The highest BCUT2D eigenvalue weighted by molar-refractivity contribution is 9.10. The summed E-state index contributed by atoms with van der Waals surface area (Å²) in [6, 6.07) is 10.8. The van der Waals surface area contributed by atoms with Gasteiger partial charge in [-0.3, -0.25) is 0 Å². The first-order valence-electron chi connectivity index (χ1n) is 6.22. The van der Waals surface area contributed by atoms with Crippen LogP contribution in [0.2, 0.25) is 0 Å². The van der Waals surface area contributed by atoms with Crippen LogP contribution in [0, 0.1) is 5.82 Å². The van der Waals surface area contributed by atoms with Crippen LogP contribution in [0.3, 0.4) is 0 Å². The number of benzene rings is 2. The molecule has 0 spiro atoms. The molecule has 6 heteroatoms. The van der Waals surface area contributed by atoms with E-state index in [1.807, 2.05) is 0 Å². The number of carbonyl (C=O) groups is 1. The summed E-state index contributed by atoms with van der Waals surface area (Å²) in [6.07, 6.45) is 0. The van der Waals surface area contributed by atoms with Gasteiger partial charge in [0.15, 0.2) is 0 Å². The number of para-hydroxylation sites is 1.